The topological polar surface area (TPSA) is 50.4 Å². The van der Waals surface area contributed by atoms with Gasteiger partial charge in [-0.05, 0) is 6.92 Å². The first-order valence-electron chi connectivity index (χ1n) is 4.84. The Morgan fingerprint density at radius 1 is 1.79 bits per heavy atom. The van der Waals surface area contributed by atoms with Gasteiger partial charge in [-0.3, -0.25) is 4.79 Å². The van der Waals surface area contributed by atoms with Crippen molar-refractivity contribution >= 4 is 17.7 Å². The van der Waals surface area contributed by atoms with Gasteiger partial charge in [0.15, 0.2) is 0 Å². The standard InChI is InChI=1S/C9H18N2O2S/c1-7(5-13-2)11-9(12)8-6-14-4-3-10-8/h7-8,10H,3-6H2,1-2H3,(H,11,12). The Bertz CT molecular complexity index is 184. The summed E-state index contributed by atoms with van der Waals surface area (Å²) in [6, 6.07) is 0.0503. The van der Waals surface area contributed by atoms with Crippen molar-refractivity contribution < 1.29 is 9.53 Å². The molecule has 1 heterocycles. The van der Waals surface area contributed by atoms with Crippen molar-refractivity contribution in [1.82, 2.24) is 10.6 Å². The van der Waals surface area contributed by atoms with Gasteiger partial charge in [-0.25, -0.2) is 0 Å². The Kier molecular flexibility index (Phi) is 5.29. The van der Waals surface area contributed by atoms with E-state index in [4.69, 9.17) is 4.74 Å². The maximum atomic E-state index is 11.6. The van der Waals surface area contributed by atoms with Crippen LogP contribution >= 0.6 is 11.8 Å². The van der Waals surface area contributed by atoms with Gasteiger partial charge in [0, 0.05) is 31.2 Å². The lowest BCUT2D eigenvalue weighted by atomic mass is 10.2. The van der Waals surface area contributed by atoms with Crippen molar-refractivity contribution in [2.75, 3.05) is 31.8 Å². The lowest BCUT2D eigenvalue weighted by molar-refractivity contribution is -0.123. The summed E-state index contributed by atoms with van der Waals surface area (Å²) < 4.78 is 4.95. The van der Waals surface area contributed by atoms with E-state index in [0.29, 0.717) is 6.61 Å². The summed E-state index contributed by atoms with van der Waals surface area (Å²) in [5.74, 6) is 2.05. The summed E-state index contributed by atoms with van der Waals surface area (Å²) in [5.41, 5.74) is 0. The van der Waals surface area contributed by atoms with E-state index < -0.39 is 0 Å². The lowest BCUT2D eigenvalue weighted by Gasteiger charge is -2.24. The maximum Gasteiger partial charge on any atom is 0.238 e. The number of hydrogen-bond acceptors (Lipinski definition) is 4. The largest absolute Gasteiger partial charge is 0.383 e. The minimum Gasteiger partial charge on any atom is -0.383 e. The molecule has 0 aliphatic carbocycles. The zero-order chi connectivity index (χ0) is 10.4. The Balaban J connectivity index is 2.25. The van der Waals surface area contributed by atoms with Crippen LogP contribution in [0.3, 0.4) is 0 Å². The second-order valence-electron chi connectivity index (χ2n) is 3.45. The van der Waals surface area contributed by atoms with Crippen molar-refractivity contribution in [3.05, 3.63) is 0 Å². The van der Waals surface area contributed by atoms with E-state index in [9.17, 15) is 4.79 Å². The predicted molar refractivity (Wildman–Crippen MR) is 58.6 cm³/mol. The second kappa shape index (κ2) is 6.27. The molecular weight excluding hydrogens is 200 g/mol. The first kappa shape index (κ1) is 11.8. The van der Waals surface area contributed by atoms with Gasteiger partial charge < -0.3 is 15.4 Å². The Labute approximate surface area is 89.2 Å². The minimum absolute atomic E-state index is 0.0342. The quantitative estimate of drug-likeness (QED) is 0.688. The highest BCUT2D eigenvalue weighted by Gasteiger charge is 2.21. The molecular formula is C9H18N2O2S. The van der Waals surface area contributed by atoms with Crippen LogP contribution in [0.5, 0.6) is 0 Å². The molecule has 1 amide bonds. The number of amides is 1. The van der Waals surface area contributed by atoms with Crippen LogP contribution in [0.4, 0.5) is 0 Å². The van der Waals surface area contributed by atoms with Crippen molar-refractivity contribution in [3.63, 3.8) is 0 Å². The second-order valence-corrected chi connectivity index (χ2v) is 4.60. The van der Waals surface area contributed by atoms with E-state index >= 15 is 0 Å². The molecule has 5 heteroatoms. The van der Waals surface area contributed by atoms with Gasteiger partial charge in [-0.2, -0.15) is 11.8 Å². The van der Waals surface area contributed by atoms with Crippen LogP contribution in [0.2, 0.25) is 0 Å². The summed E-state index contributed by atoms with van der Waals surface area (Å²) in [7, 11) is 1.64. The molecule has 2 N–H and O–H groups in total. The molecule has 0 spiro atoms. The third-order valence-corrected chi connectivity index (χ3v) is 3.11. The molecule has 1 saturated heterocycles. The molecule has 82 valence electrons. The van der Waals surface area contributed by atoms with Crippen LogP contribution in [0.25, 0.3) is 0 Å². The predicted octanol–water partition coefficient (Wildman–Crippen LogP) is -0.157. The fourth-order valence-corrected chi connectivity index (χ4v) is 2.30. The molecule has 1 fully saturated rings. The van der Waals surface area contributed by atoms with Crippen LogP contribution < -0.4 is 10.6 Å². The smallest absolute Gasteiger partial charge is 0.238 e. The average Bonchev–Trinajstić information content (AvgIpc) is 2.19. The van der Waals surface area contributed by atoms with Gasteiger partial charge in [0.25, 0.3) is 0 Å². The Morgan fingerprint density at radius 3 is 3.14 bits per heavy atom. The highest BCUT2D eigenvalue weighted by molar-refractivity contribution is 7.99. The summed E-state index contributed by atoms with van der Waals surface area (Å²) >= 11 is 1.82. The van der Waals surface area contributed by atoms with Crippen molar-refractivity contribution in [1.29, 1.82) is 0 Å². The number of carbonyl (C=O) groups excluding carboxylic acids is 1. The van der Waals surface area contributed by atoms with E-state index in [1.54, 1.807) is 7.11 Å². The summed E-state index contributed by atoms with van der Waals surface area (Å²) in [6.45, 7) is 3.42. The average molecular weight is 218 g/mol. The molecule has 1 aliphatic rings. The van der Waals surface area contributed by atoms with E-state index in [0.717, 1.165) is 18.1 Å². The first-order chi connectivity index (χ1) is 6.74. The van der Waals surface area contributed by atoms with Crippen LogP contribution in [-0.4, -0.2) is 49.8 Å². The summed E-state index contributed by atoms with van der Waals surface area (Å²) in [6.07, 6.45) is 0. The number of methoxy groups -OCH3 is 1. The summed E-state index contributed by atoms with van der Waals surface area (Å²) in [5, 5.41) is 6.10. The zero-order valence-electron chi connectivity index (χ0n) is 8.71. The summed E-state index contributed by atoms with van der Waals surface area (Å²) in [4.78, 5) is 11.6. The molecule has 0 aromatic carbocycles. The number of thioether (sulfide) groups is 1. The normalized spacial score (nSPS) is 24.3. The van der Waals surface area contributed by atoms with Crippen LogP contribution in [-0.2, 0) is 9.53 Å². The number of nitrogens with one attached hydrogen (secondary N) is 2. The molecule has 2 unspecified atom stereocenters. The van der Waals surface area contributed by atoms with Gasteiger partial charge in [0.1, 0.15) is 0 Å². The molecule has 0 aromatic rings. The molecule has 14 heavy (non-hydrogen) atoms. The Morgan fingerprint density at radius 2 is 2.57 bits per heavy atom. The zero-order valence-corrected chi connectivity index (χ0v) is 9.52. The molecule has 0 bridgehead atoms. The van der Waals surface area contributed by atoms with E-state index in [1.807, 2.05) is 18.7 Å². The van der Waals surface area contributed by atoms with Gasteiger partial charge in [0.2, 0.25) is 5.91 Å². The maximum absolute atomic E-state index is 11.6. The van der Waals surface area contributed by atoms with Gasteiger partial charge in [0.05, 0.1) is 12.6 Å². The molecule has 0 aromatic heterocycles. The highest BCUT2D eigenvalue weighted by atomic mass is 32.2. The number of hydrogen-bond donors (Lipinski definition) is 2. The fraction of sp³-hybridized carbons (Fsp3) is 0.889. The molecule has 1 rings (SSSR count). The molecule has 4 nitrogen and oxygen atoms in total. The third-order valence-electron chi connectivity index (χ3n) is 2.04. The van der Waals surface area contributed by atoms with Crippen LogP contribution in [0.15, 0.2) is 0 Å². The molecule has 0 radical (unpaired) electrons. The number of rotatable bonds is 4. The van der Waals surface area contributed by atoms with Crippen molar-refractivity contribution in [3.8, 4) is 0 Å². The molecule has 1 aliphatic heterocycles. The van der Waals surface area contributed by atoms with E-state index in [1.165, 1.54) is 0 Å². The minimum atomic E-state index is -0.0342. The van der Waals surface area contributed by atoms with Gasteiger partial charge in [-0.1, -0.05) is 0 Å². The van der Waals surface area contributed by atoms with Crippen molar-refractivity contribution in [2.24, 2.45) is 0 Å². The van der Waals surface area contributed by atoms with Gasteiger partial charge >= 0.3 is 0 Å². The number of ether oxygens (including phenoxy) is 1. The van der Waals surface area contributed by atoms with Crippen LogP contribution in [0.1, 0.15) is 6.92 Å². The van der Waals surface area contributed by atoms with Crippen molar-refractivity contribution in [2.45, 2.75) is 19.0 Å². The monoisotopic (exact) mass is 218 g/mol. The third kappa shape index (κ3) is 3.86. The van der Waals surface area contributed by atoms with E-state index in [-0.39, 0.29) is 18.0 Å². The van der Waals surface area contributed by atoms with E-state index in [2.05, 4.69) is 10.6 Å². The fourth-order valence-electron chi connectivity index (χ4n) is 1.37. The Hall–Kier alpha value is -0.260. The highest BCUT2D eigenvalue weighted by Crippen LogP contribution is 2.07. The first-order valence-corrected chi connectivity index (χ1v) is 6.00. The van der Waals surface area contributed by atoms with Gasteiger partial charge in [-0.15, -0.1) is 0 Å². The molecule has 2 atom stereocenters. The number of carbonyl (C=O) groups is 1. The lowest BCUT2D eigenvalue weighted by Crippen LogP contribution is -2.51. The van der Waals surface area contributed by atoms with Crippen LogP contribution in [0, 0.1) is 0 Å². The molecule has 0 saturated carbocycles. The SMILES string of the molecule is COCC(C)NC(=O)C1CSCCN1.